The van der Waals surface area contributed by atoms with E-state index in [1.165, 1.54) is 83.5 Å². The monoisotopic (exact) mass is 342 g/mol. The number of methoxy groups -OCH3 is 1. The highest BCUT2D eigenvalue weighted by atomic mass is 16.7. The summed E-state index contributed by atoms with van der Waals surface area (Å²) in [6, 6.07) is 0. The van der Waals surface area contributed by atoms with Crippen LogP contribution in [0, 0.1) is 0 Å². The molecule has 0 bridgehead atoms. The molecule has 0 radical (unpaired) electrons. The maximum Gasteiger partial charge on any atom is 0.308 e. The summed E-state index contributed by atoms with van der Waals surface area (Å²) in [6.07, 6.45) is 20.2. The Bertz CT molecular complexity index is 266. The summed E-state index contributed by atoms with van der Waals surface area (Å²) in [5.74, 6) is -0.140. The number of ether oxygens (including phenoxy) is 2. The van der Waals surface area contributed by atoms with Crippen LogP contribution >= 0.6 is 0 Å². The molecule has 0 spiro atoms. The molecule has 0 aromatic heterocycles. The molecule has 0 heterocycles. The second-order valence-corrected chi connectivity index (χ2v) is 6.99. The largest absolute Gasteiger partial charge is 0.436 e. The molecule has 0 rings (SSSR count). The molecule has 0 aliphatic rings. The predicted octanol–water partition coefficient (Wildman–Crippen LogP) is 6.78. The van der Waals surface area contributed by atoms with Crippen molar-refractivity contribution in [2.45, 2.75) is 123 Å². The van der Waals surface area contributed by atoms with Gasteiger partial charge in [-0.05, 0) is 13.3 Å². The SMILES string of the molecule is CCCCCCCCCCCCCCCCCC(=O)OC(C)OC. The van der Waals surface area contributed by atoms with E-state index in [4.69, 9.17) is 9.47 Å². The molecule has 24 heavy (non-hydrogen) atoms. The highest BCUT2D eigenvalue weighted by Gasteiger charge is 2.07. The number of esters is 1. The van der Waals surface area contributed by atoms with Crippen LogP contribution in [-0.4, -0.2) is 19.4 Å². The van der Waals surface area contributed by atoms with Crippen molar-refractivity contribution in [3.8, 4) is 0 Å². The lowest BCUT2D eigenvalue weighted by molar-refractivity contribution is -0.169. The van der Waals surface area contributed by atoms with Crippen molar-refractivity contribution in [2.75, 3.05) is 7.11 Å². The zero-order valence-corrected chi connectivity index (χ0v) is 16.6. The number of carbonyl (C=O) groups excluding carboxylic acids is 1. The summed E-state index contributed by atoms with van der Waals surface area (Å²) in [6.45, 7) is 4.02. The van der Waals surface area contributed by atoms with Gasteiger partial charge in [-0.2, -0.15) is 0 Å². The number of unbranched alkanes of at least 4 members (excludes halogenated alkanes) is 14. The van der Waals surface area contributed by atoms with Gasteiger partial charge in [0.15, 0.2) is 6.29 Å². The topological polar surface area (TPSA) is 35.5 Å². The van der Waals surface area contributed by atoms with Crippen molar-refractivity contribution in [3.05, 3.63) is 0 Å². The Labute approximate surface area is 150 Å². The van der Waals surface area contributed by atoms with Crippen molar-refractivity contribution in [3.63, 3.8) is 0 Å². The minimum Gasteiger partial charge on any atom is -0.436 e. The van der Waals surface area contributed by atoms with E-state index in [0.29, 0.717) is 6.42 Å². The lowest BCUT2D eigenvalue weighted by Crippen LogP contribution is -2.16. The van der Waals surface area contributed by atoms with Gasteiger partial charge in [0.1, 0.15) is 0 Å². The van der Waals surface area contributed by atoms with E-state index in [0.717, 1.165) is 12.8 Å². The van der Waals surface area contributed by atoms with Crippen molar-refractivity contribution < 1.29 is 14.3 Å². The van der Waals surface area contributed by atoms with E-state index in [-0.39, 0.29) is 5.97 Å². The van der Waals surface area contributed by atoms with Gasteiger partial charge in [0.05, 0.1) is 0 Å². The Balaban J connectivity index is 3.11. The smallest absolute Gasteiger partial charge is 0.308 e. The summed E-state index contributed by atoms with van der Waals surface area (Å²) in [5, 5.41) is 0. The highest BCUT2D eigenvalue weighted by molar-refractivity contribution is 5.69. The summed E-state index contributed by atoms with van der Waals surface area (Å²) < 4.78 is 9.96. The summed E-state index contributed by atoms with van der Waals surface area (Å²) in [5.41, 5.74) is 0. The van der Waals surface area contributed by atoms with E-state index in [9.17, 15) is 4.79 Å². The first-order valence-electron chi connectivity index (χ1n) is 10.4. The van der Waals surface area contributed by atoms with Crippen LogP contribution in [0.2, 0.25) is 0 Å². The normalized spacial score (nSPS) is 12.3. The maximum atomic E-state index is 11.4. The molecule has 0 amide bonds. The Hall–Kier alpha value is -0.570. The van der Waals surface area contributed by atoms with Crippen LogP contribution < -0.4 is 0 Å². The molecule has 144 valence electrons. The van der Waals surface area contributed by atoms with Gasteiger partial charge < -0.3 is 9.47 Å². The molecule has 3 heteroatoms. The lowest BCUT2D eigenvalue weighted by atomic mass is 10.0. The van der Waals surface area contributed by atoms with Crippen molar-refractivity contribution in [2.24, 2.45) is 0 Å². The van der Waals surface area contributed by atoms with Crippen LogP contribution in [0.3, 0.4) is 0 Å². The Morgan fingerprint density at radius 1 is 0.708 bits per heavy atom. The number of hydrogen-bond donors (Lipinski definition) is 0. The average Bonchev–Trinajstić information content (AvgIpc) is 2.58. The lowest BCUT2D eigenvalue weighted by Gasteiger charge is -2.10. The van der Waals surface area contributed by atoms with Crippen LogP contribution in [0.4, 0.5) is 0 Å². The predicted molar refractivity (Wildman–Crippen MR) is 102 cm³/mol. The Kier molecular flexibility index (Phi) is 18.3. The molecule has 0 aromatic carbocycles. The van der Waals surface area contributed by atoms with Crippen molar-refractivity contribution in [1.82, 2.24) is 0 Å². The zero-order valence-electron chi connectivity index (χ0n) is 16.6. The summed E-state index contributed by atoms with van der Waals surface area (Å²) >= 11 is 0. The molecule has 1 unspecified atom stereocenters. The molecule has 0 aliphatic heterocycles. The molecule has 0 saturated heterocycles. The Morgan fingerprint density at radius 3 is 1.46 bits per heavy atom. The minimum atomic E-state index is -0.422. The van der Waals surface area contributed by atoms with Gasteiger partial charge in [0.2, 0.25) is 0 Å². The standard InChI is InChI=1S/C21H42O3/c1-4-5-6-7-8-9-10-11-12-13-14-15-16-17-18-19-21(22)24-20(2)23-3/h20H,4-19H2,1-3H3. The van der Waals surface area contributed by atoms with Gasteiger partial charge >= 0.3 is 5.97 Å². The van der Waals surface area contributed by atoms with Crippen LogP contribution in [0.1, 0.15) is 117 Å². The molecule has 0 aromatic rings. The van der Waals surface area contributed by atoms with Crippen LogP contribution in [-0.2, 0) is 14.3 Å². The first kappa shape index (κ1) is 23.4. The third kappa shape index (κ3) is 17.8. The van der Waals surface area contributed by atoms with Gasteiger partial charge in [-0.1, -0.05) is 96.8 Å². The number of carbonyl (C=O) groups is 1. The van der Waals surface area contributed by atoms with Crippen LogP contribution in [0.5, 0.6) is 0 Å². The molecule has 0 saturated carbocycles. The van der Waals surface area contributed by atoms with Crippen molar-refractivity contribution >= 4 is 5.97 Å². The molecular formula is C21H42O3. The van der Waals surface area contributed by atoms with Gasteiger partial charge in [-0.15, -0.1) is 0 Å². The second-order valence-electron chi connectivity index (χ2n) is 6.99. The van der Waals surface area contributed by atoms with Crippen LogP contribution in [0.25, 0.3) is 0 Å². The van der Waals surface area contributed by atoms with Crippen LogP contribution in [0.15, 0.2) is 0 Å². The third-order valence-electron chi connectivity index (χ3n) is 4.61. The average molecular weight is 343 g/mol. The van der Waals surface area contributed by atoms with Crippen molar-refractivity contribution in [1.29, 1.82) is 0 Å². The molecule has 1 atom stereocenters. The minimum absolute atomic E-state index is 0.140. The van der Waals surface area contributed by atoms with Gasteiger partial charge in [0, 0.05) is 13.5 Å². The summed E-state index contributed by atoms with van der Waals surface area (Å²) in [7, 11) is 1.55. The fraction of sp³-hybridized carbons (Fsp3) is 0.952. The Morgan fingerprint density at radius 2 is 1.08 bits per heavy atom. The van der Waals surface area contributed by atoms with E-state index in [1.807, 2.05) is 0 Å². The first-order chi connectivity index (χ1) is 11.7. The highest BCUT2D eigenvalue weighted by Crippen LogP contribution is 2.13. The van der Waals surface area contributed by atoms with E-state index in [2.05, 4.69) is 6.92 Å². The quantitative estimate of drug-likeness (QED) is 0.156. The van der Waals surface area contributed by atoms with Gasteiger partial charge in [0.25, 0.3) is 0 Å². The molecule has 0 N–H and O–H groups in total. The zero-order chi connectivity index (χ0) is 17.9. The van der Waals surface area contributed by atoms with E-state index in [1.54, 1.807) is 14.0 Å². The molecule has 0 aliphatic carbocycles. The third-order valence-corrected chi connectivity index (χ3v) is 4.61. The van der Waals surface area contributed by atoms with E-state index >= 15 is 0 Å². The molecule has 0 fully saturated rings. The molecular weight excluding hydrogens is 300 g/mol. The maximum absolute atomic E-state index is 11.4. The van der Waals surface area contributed by atoms with Gasteiger partial charge in [-0.25, -0.2) is 0 Å². The number of hydrogen-bond acceptors (Lipinski definition) is 3. The number of rotatable bonds is 18. The van der Waals surface area contributed by atoms with E-state index < -0.39 is 6.29 Å². The fourth-order valence-corrected chi connectivity index (χ4v) is 2.93. The fourth-order valence-electron chi connectivity index (χ4n) is 2.93. The molecule has 3 nitrogen and oxygen atoms in total. The van der Waals surface area contributed by atoms with Gasteiger partial charge in [-0.3, -0.25) is 4.79 Å². The summed E-state index contributed by atoms with van der Waals surface area (Å²) in [4.78, 5) is 11.4. The second kappa shape index (κ2) is 18.8. The first-order valence-corrected chi connectivity index (χ1v) is 10.4.